The minimum Gasteiger partial charge on any atom is -0.493 e. The summed E-state index contributed by atoms with van der Waals surface area (Å²) < 4.78 is 6.80. The highest BCUT2D eigenvalue weighted by atomic mass is 79.9. The number of rotatable bonds is 3. The van der Waals surface area contributed by atoms with E-state index in [1.165, 1.54) is 0 Å². The Morgan fingerprint density at radius 1 is 1.25 bits per heavy atom. The van der Waals surface area contributed by atoms with E-state index in [4.69, 9.17) is 4.74 Å². The predicted molar refractivity (Wildman–Crippen MR) is 67.6 cm³/mol. The van der Waals surface area contributed by atoms with Gasteiger partial charge in [0.1, 0.15) is 5.75 Å². The van der Waals surface area contributed by atoms with Crippen LogP contribution >= 0.6 is 15.9 Å². The van der Waals surface area contributed by atoms with Gasteiger partial charge in [-0.1, -0.05) is 22.0 Å². The highest BCUT2D eigenvalue weighted by molar-refractivity contribution is 9.10. The topological polar surface area (TPSA) is 29.5 Å². The van der Waals surface area contributed by atoms with Crippen molar-refractivity contribution in [2.45, 2.75) is 31.8 Å². The van der Waals surface area contributed by atoms with Gasteiger partial charge in [-0.3, -0.25) is 0 Å². The number of aliphatic hydroxyl groups is 1. The maximum atomic E-state index is 9.40. The second kappa shape index (κ2) is 5.69. The molecule has 0 radical (unpaired) electrons. The highest BCUT2D eigenvalue weighted by Gasteiger charge is 2.19. The van der Waals surface area contributed by atoms with Gasteiger partial charge in [-0.15, -0.1) is 0 Å². The van der Waals surface area contributed by atoms with E-state index in [0.717, 1.165) is 42.5 Å². The molecule has 16 heavy (non-hydrogen) atoms. The smallest absolute Gasteiger partial charge is 0.120 e. The van der Waals surface area contributed by atoms with Crippen molar-refractivity contribution in [3.05, 3.63) is 28.7 Å². The average Bonchev–Trinajstić information content (AvgIpc) is 2.28. The molecule has 2 nitrogen and oxygen atoms in total. The van der Waals surface area contributed by atoms with E-state index in [0.29, 0.717) is 5.92 Å². The molecule has 2 rings (SSSR count). The molecule has 1 N–H and O–H groups in total. The molecule has 3 heteroatoms. The van der Waals surface area contributed by atoms with E-state index in [1.54, 1.807) is 0 Å². The van der Waals surface area contributed by atoms with E-state index in [2.05, 4.69) is 15.9 Å². The summed E-state index contributed by atoms with van der Waals surface area (Å²) in [6.07, 6.45) is 3.92. The van der Waals surface area contributed by atoms with Crippen molar-refractivity contribution < 1.29 is 9.84 Å². The lowest BCUT2D eigenvalue weighted by Crippen LogP contribution is -2.22. The van der Waals surface area contributed by atoms with Crippen LogP contribution in [0.3, 0.4) is 0 Å². The van der Waals surface area contributed by atoms with Gasteiger partial charge in [-0.05, 0) is 49.8 Å². The number of aliphatic hydroxyl groups excluding tert-OH is 1. The van der Waals surface area contributed by atoms with E-state index in [1.807, 2.05) is 24.3 Å². The molecule has 0 unspecified atom stereocenters. The van der Waals surface area contributed by atoms with Crippen LogP contribution in [0.25, 0.3) is 0 Å². The summed E-state index contributed by atoms with van der Waals surface area (Å²) in [5.74, 6) is 1.52. The van der Waals surface area contributed by atoms with Crippen molar-refractivity contribution in [1.29, 1.82) is 0 Å². The minimum absolute atomic E-state index is 0.0814. The van der Waals surface area contributed by atoms with Crippen LogP contribution < -0.4 is 4.74 Å². The molecule has 0 amide bonds. The van der Waals surface area contributed by atoms with Gasteiger partial charge in [-0.25, -0.2) is 0 Å². The summed E-state index contributed by atoms with van der Waals surface area (Å²) in [7, 11) is 0. The molecule has 1 aromatic carbocycles. The van der Waals surface area contributed by atoms with Crippen LogP contribution in [-0.2, 0) is 0 Å². The third-order valence-corrected chi connectivity index (χ3v) is 3.59. The van der Waals surface area contributed by atoms with Gasteiger partial charge in [0.15, 0.2) is 0 Å². The average molecular weight is 285 g/mol. The first-order valence-electron chi connectivity index (χ1n) is 5.80. The third kappa shape index (κ3) is 3.49. The van der Waals surface area contributed by atoms with E-state index in [9.17, 15) is 5.11 Å². The maximum Gasteiger partial charge on any atom is 0.120 e. The van der Waals surface area contributed by atoms with E-state index in [-0.39, 0.29) is 6.10 Å². The molecular weight excluding hydrogens is 268 g/mol. The van der Waals surface area contributed by atoms with Crippen molar-refractivity contribution in [3.63, 3.8) is 0 Å². The van der Waals surface area contributed by atoms with Gasteiger partial charge < -0.3 is 9.84 Å². The SMILES string of the molecule is OC1CCC(COc2cccc(Br)c2)CC1. The van der Waals surface area contributed by atoms with Crippen molar-refractivity contribution in [2.75, 3.05) is 6.61 Å². The molecule has 0 bridgehead atoms. The minimum atomic E-state index is -0.0814. The number of halogens is 1. The maximum absolute atomic E-state index is 9.40. The zero-order chi connectivity index (χ0) is 11.4. The van der Waals surface area contributed by atoms with Crippen LogP contribution in [0.1, 0.15) is 25.7 Å². The molecule has 1 aromatic rings. The zero-order valence-electron chi connectivity index (χ0n) is 9.23. The fourth-order valence-corrected chi connectivity index (χ4v) is 2.46. The van der Waals surface area contributed by atoms with Crippen molar-refractivity contribution in [1.82, 2.24) is 0 Å². The molecule has 1 fully saturated rings. The Kier molecular flexibility index (Phi) is 4.24. The summed E-state index contributed by atoms with van der Waals surface area (Å²) in [5, 5.41) is 9.40. The van der Waals surface area contributed by atoms with Crippen LogP contribution in [0.2, 0.25) is 0 Å². The Morgan fingerprint density at radius 3 is 2.69 bits per heavy atom. The Hall–Kier alpha value is -0.540. The Labute approximate surface area is 105 Å². The van der Waals surface area contributed by atoms with Crippen LogP contribution in [-0.4, -0.2) is 17.8 Å². The highest BCUT2D eigenvalue weighted by Crippen LogP contribution is 2.25. The van der Waals surface area contributed by atoms with E-state index < -0.39 is 0 Å². The molecule has 0 saturated heterocycles. The van der Waals surface area contributed by atoms with Crippen LogP contribution in [0, 0.1) is 5.92 Å². The monoisotopic (exact) mass is 284 g/mol. The molecular formula is C13H17BrO2. The molecule has 0 spiro atoms. The summed E-state index contributed by atoms with van der Waals surface area (Å²) in [6.45, 7) is 0.767. The Bertz CT molecular complexity index is 332. The quantitative estimate of drug-likeness (QED) is 0.922. The van der Waals surface area contributed by atoms with E-state index >= 15 is 0 Å². The lowest BCUT2D eigenvalue weighted by atomic mass is 9.88. The van der Waals surface area contributed by atoms with Gasteiger partial charge in [0.25, 0.3) is 0 Å². The number of benzene rings is 1. The van der Waals surface area contributed by atoms with Gasteiger partial charge in [0, 0.05) is 4.47 Å². The molecule has 1 saturated carbocycles. The van der Waals surface area contributed by atoms with Crippen LogP contribution in [0.15, 0.2) is 28.7 Å². The van der Waals surface area contributed by atoms with Gasteiger partial charge in [0.2, 0.25) is 0 Å². The third-order valence-electron chi connectivity index (χ3n) is 3.10. The summed E-state index contributed by atoms with van der Waals surface area (Å²) in [4.78, 5) is 0. The molecule has 1 aliphatic carbocycles. The van der Waals surface area contributed by atoms with Crippen molar-refractivity contribution in [2.24, 2.45) is 5.92 Å². The summed E-state index contributed by atoms with van der Waals surface area (Å²) in [5.41, 5.74) is 0. The Balaban J connectivity index is 1.79. The first kappa shape index (κ1) is 11.9. The largest absolute Gasteiger partial charge is 0.493 e. The van der Waals surface area contributed by atoms with Crippen molar-refractivity contribution in [3.8, 4) is 5.75 Å². The summed E-state index contributed by atoms with van der Waals surface area (Å²) in [6, 6.07) is 7.92. The molecule has 0 heterocycles. The van der Waals surface area contributed by atoms with Crippen LogP contribution in [0.4, 0.5) is 0 Å². The normalized spacial score (nSPS) is 25.4. The molecule has 1 aliphatic rings. The first-order valence-corrected chi connectivity index (χ1v) is 6.60. The fraction of sp³-hybridized carbons (Fsp3) is 0.538. The molecule has 88 valence electrons. The number of ether oxygens (including phenoxy) is 1. The van der Waals surface area contributed by atoms with Gasteiger partial charge in [0.05, 0.1) is 12.7 Å². The lowest BCUT2D eigenvalue weighted by molar-refractivity contribution is 0.0917. The van der Waals surface area contributed by atoms with Crippen molar-refractivity contribution >= 4 is 15.9 Å². The lowest BCUT2D eigenvalue weighted by Gasteiger charge is -2.25. The number of hydrogen-bond donors (Lipinski definition) is 1. The number of hydrogen-bond acceptors (Lipinski definition) is 2. The Morgan fingerprint density at radius 2 is 2.00 bits per heavy atom. The van der Waals surface area contributed by atoms with Gasteiger partial charge >= 0.3 is 0 Å². The summed E-state index contributed by atoms with van der Waals surface area (Å²) >= 11 is 3.42. The second-order valence-corrected chi connectivity index (χ2v) is 5.36. The molecule has 0 atom stereocenters. The standard InChI is InChI=1S/C13H17BrO2/c14-11-2-1-3-13(8-11)16-9-10-4-6-12(15)7-5-10/h1-3,8,10,12,15H,4-7,9H2. The second-order valence-electron chi connectivity index (χ2n) is 4.44. The molecule has 0 aliphatic heterocycles. The zero-order valence-corrected chi connectivity index (χ0v) is 10.8. The first-order chi connectivity index (χ1) is 7.74. The predicted octanol–water partition coefficient (Wildman–Crippen LogP) is 3.38. The molecule has 0 aromatic heterocycles. The van der Waals surface area contributed by atoms with Gasteiger partial charge in [-0.2, -0.15) is 0 Å². The fourth-order valence-electron chi connectivity index (χ4n) is 2.08. The van der Waals surface area contributed by atoms with Crippen LogP contribution in [0.5, 0.6) is 5.75 Å².